The van der Waals surface area contributed by atoms with E-state index in [0.717, 1.165) is 17.3 Å². The maximum atomic E-state index is 12.5. The smallest absolute Gasteiger partial charge is 0.266 e. The van der Waals surface area contributed by atoms with E-state index >= 15 is 0 Å². The number of thiocarbonyl (C=S) groups is 1. The van der Waals surface area contributed by atoms with Crippen molar-refractivity contribution >= 4 is 46.2 Å². The first kappa shape index (κ1) is 18.9. The van der Waals surface area contributed by atoms with Gasteiger partial charge in [-0.3, -0.25) is 14.5 Å². The summed E-state index contributed by atoms with van der Waals surface area (Å²) in [5, 5.41) is 22.0. The minimum absolute atomic E-state index is 0.0766. The molecule has 0 atom stereocenters. The molecule has 3 N–H and O–H groups in total. The van der Waals surface area contributed by atoms with Crippen LogP contribution in [0.25, 0.3) is 6.08 Å². The molecule has 2 aromatic carbocycles. The zero-order valence-electron chi connectivity index (χ0n) is 14.1. The summed E-state index contributed by atoms with van der Waals surface area (Å²) < 4.78 is 0.277. The third-order valence-electron chi connectivity index (χ3n) is 3.81. The van der Waals surface area contributed by atoms with Crippen LogP contribution in [-0.2, 0) is 16.1 Å². The van der Waals surface area contributed by atoms with Gasteiger partial charge in [0.25, 0.3) is 5.91 Å². The highest BCUT2D eigenvalue weighted by molar-refractivity contribution is 8.26. The molecule has 1 aliphatic heterocycles. The third kappa shape index (κ3) is 4.66. The molecule has 0 unspecified atom stereocenters. The molecule has 6 nitrogen and oxygen atoms in total. The van der Waals surface area contributed by atoms with Crippen LogP contribution in [0.5, 0.6) is 11.5 Å². The zero-order chi connectivity index (χ0) is 19.4. The third-order valence-corrected chi connectivity index (χ3v) is 5.19. The van der Waals surface area contributed by atoms with E-state index in [1.165, 1.54) is 29.2 Å². The van der Waals surface area contributed by atoms with E-state index in [4.69, 9.17) is 12.2 Å². The molecule has 0 aromatic heterocycles. The predicted molar refractivity (Wildman–Crippen MR) is 108 cm³/mol. The van der Waals surface area contributed by atoms with Crippen molar-refractivity contribution in [2.45, 2.75) is 6.54 Å². The molecular weight excluding hydrogens is 384 g/mol. The van der Waals surface area contributed by atoms with E-state index in [2.05, 4.69) is 5.32 Å². The van der Waals surface area contributed by atoms with Crippen LogP contribution >= 0.6 is 24.0 Å². The Morgan fingerprint density at radius 2 is 1.93 bits per heavy atom. The van der Waals surface area contributed by atoms with E-state index in [9.17, 15) is 19.8 Å². The van der Waals surface area contributed by atoms with Gasteiger partial charge in [-0.1, -0.05) is 54.3 Å². The quantitative estimate of drug-likeness (QED) is 0.528. The summed E-state index contributed by atoms with van der Waals surface area (Å²) in [6.07, 6.45) is 1.48. The van der Waals surface area contributed by atoms with Crippen molar-refractivity contribution in [2.24, 2.45) is 0 Å². The van der Waals surface area contributed by atoms with Crippen LogP contribution in [0.1, 0.15) is 11.1 Å². The highest BCUT2D eigenvalue weighted by Gasteiger charge is 2.33. The summed E-state index contributed by atoms with van der Waals surface area (Å²) in [6.45, 7) is 0.197. The molecule has 1 aliphatic rings. The summed E-state index contributed by atoms with van der Waals surface area (Å²) in [6, 6.07) is 13.5. The van der Waals surface area contributed by atoms with E-state index in [-0.39, 0.29) is 28.3 Å². The lowest BCUT2D eigenvalue weighted by Gasteiger charge is -2.14. The van der Waals surface area contributed by atoms with Crippen molar-refractivity contribution in [3.63, 3.8) is 0 Å². The molecule has 0 saturated carbocycles. The van der Waals surface area contributed by atoms with Crippen molar-refractivity contribution in [1.82, 2.24) is 10.2 Å². The van der Waals surface area contributed by atoms with Gasteiger partial charge in [0.05, 0.1) is 4.91 Å². The standard InChI is InChI=1S/C19H16N2O4S2/c22-14-7-6-13(15(23)9-14)8-16-18(25)21(19(26)27-16)11-17(24)20-10-12-4-2-1-3-5-12/h1-9,22-23H,10-11H2,(H,20,24)/b16-8-. The number of hydrogen-bond donors (Lipinski definition) is 3. The summed E-state index contributed by atoms with van der Waals surface area (Å²) in [5.74, 6) is -0.940. The lowest BCUT2D eigenvalue weighted by Crippen LogP contribution is -2.39. The number of nitrogens with zero attached hydrogens (tertiary/aromatic N) is 1. The van der Waals surface area contributed by atoms with Crippen LogP contribution in [0.3, 0.4) is 0 Å². The molecule has 0 radical (unpaired) electrons. The van der Waals surface area contributed by atoms with Crippen molar-refractivity contribution in [1.29, 1.82) is 0 Å². The number of benzene rings is 2. The zero-order valence-corrected chi connectivity index (χ0v) is 15.7. The molecular formula is C19H16N2O4S2. The summed E-state index contributed by atoms with van der Waals surface area (Å²) >= 11 is 6.27. The number of carbonyl (C=O) groups is 2. The molecule has 1 saturated heterocycles. The fourth-order valence-corrected chi connectivity index (χ4v) is 3.67. The minimum Gasteiger partial charge on any atom is -0.508 e. The Bertz CT molecular complexity index is 929. The molecule has 0 spiro atoms. The number of amides is 2. The van der Waals surface area contributed by atoms with Crippen molar-refractivity contribution in [3.8, 4) is 11.5 Å². The number of thioether (sulfide) groups is 1. The lowest BCUT2D eigenvalue weighted by molar-refractivity contribution is -0.128. The first-order valence-electron chi connectivity index (χ1n) is 8.02. The number of rotatable bonds is 5. The highest BCUT2D eigenvalue weighted by atomic mass is 32.2. The maximum absolute atomic E-state index is 12.5. The molecule has 2 aromatic rings. The molecule has 138 valence electrons. The molecule has 0 aliphatic carbocycles. The summed E-state index contributed by atoms with van der Waals surface area (Å²) in [7, 11) is 0. The van der Waals surface area contributed by atoms with E-state index in [1.54, 1.807) is 0 Å². The van der Waals surface area contributed by atoms with Gasteiger partial charge >= 0.3 is 0 Å². The number of aromatic hydroxyl groups is 2. The number of phenols is 2. The van der Waals surface area contributed by atoms with E-state index in [1.807, 2.05) is 30.3 Å². The molecule has 1 fully saturated rings. The van der Waals surface area contributed by atoms with Gasteiger partial charge in [0.2, 0.25) is 5.91 Å². The lowest BCUT2D eigenvalue weighted by atomic mass is 10.1. The Balaban J connectivity index is 1.65. The predicted octanol–water partition coefficient (Wildman–Crippen LogP) is 2.62. The molecule has 0 bridgehead atoms. The Hall–Kier alpha value is -2.84. The highest BCUT2D eigenvalue weighted by Crippen LogP contribution is 2.34. The molecule has 27 heavy (non-hydrogen) atoms. The first-order chi connectivity index (χ1) is 12.9. The topological polar surface area (TPSA) is 89.9 Å². The normalized spacial score (nSPS) is 15.4. The van der Waals surface area contributed by atoms with Gasteiger partial charge in [0.15, 0.2) is 0 Å². The Kier molecular flexibility index (Phi) is 5.78. The first-order valence-corrected chi connectivity index (χ1v) is 9.24. The Morgan fingerprint density at radius 1 is 1.19 bits per heavy atom. The van der Waals surface area contributed by atoms with Crippen LogP contribution in [0.15, 0.2) is 53.4 Å². The Morgan fingerprint density at radius 3 is 2.63 bits per heavy atom. The molecule has 8 heteroatoms. The number of carbonyl (C=O) groups excluding carboxylic acids is 2. The van der Waals surface area contributed by atoms with Crippen LogP contribution in [0, 0.1) is 0 Å². The average Bonchev–Trinajstić information content (AvgIpc) is 2.90. The molecule has 2 amide bonds. The van der Waals surface area contributed by atoms with Gasteiger partial charge in [0, 0.05) is 18.2 Å². The van der Waals surface area contributed by atoms with Gasteiger partial charge in [-0.05, 0) is 23.8 Å². The summed E-state index contributed by atoms with van der Waals surface area (Å²) in [5.41, 5.74) is 1.33. The van der Waals surface area contributed by atoms with Crippen LogP contribution in [0.4, 0.5) is 0 Å². The van der Waals surface area contributed by atoms with Crippen molar-refractivity contribution in [2.75, 3.05) is 6.54 Å². The number of hydrogen-bond acceptors (Lipinski definition) is 6. The monoisotopic (exact) mass is 400 g/mol. The fraction of sp³-hybridized carbons (Fsp3) is 0.105. The van der Waals surface area contributed by atoms with Crippen molar-refractivity contribution in [3.05, 3.63) is 64.6 Å². The van der Waals surface area contributed by atoms with Gasteiger partial charge in [-0.25, -0.2) is 0 Å². The second-order valence-electron chi connectivity index (χ2n) is 5.77. The van der Waals surface area contributed by atoms with Gasteiger partial charge in [0.1, 0.15) is 22.4 Å². The van der Waals surface area contributed by atoms with Gasteiger partial charge in [-0.2, -0.15) is 0 Å². The van der Waals surface area contributed by atoms with E-state index < -0.39 is 5.91 Å². The molecule has 1 heterocycles. The maximum Gasteiger partial charge on any atom is 0.266 e. The van der Waals surface area contributed by atoms with Gasteiger partial charge in [-0.15, -0.1) is 0 Å². The number of phenolic OH excluding ortho intramolecular Hbond substituents is 2. The molecule has 3 rings (SSSR count). The SMILES string of the molecule is O=C(CN1C(=O)/C(=C/c2ccc(O)cc2O)SC1=S)NCc1ccccc1. The second-order valence-corrected chi connectivity index (χ2v) is 7.45. The fourth-order valence-electron chi connectivity index (χ4n) is 2.43. The largest absolute Gasteiger partial charge is 0.508 e. The van der Waals surface area contributed by atoms with E-state index in [0.29, 0.717) is 17.0 Å². The minimum atomic E-state index is -0.396. The van der Waals surface area contributed by atoms with Crippen LogP contribution < -0.4 is 5.32 Å². The second kappa shape index (κ2) is 8.24. The van der Waals surface area contributed by atoms with Crippen LogP contribution in [-0.4, -0.2) is 37.8 Å². The van der Waals surface area contributed by atoms with Crippen molar-refractivity contribution < 1.29 is 19.8 Å². The average molecular weight is 400 g/mol. The summed E-state index contributed by atoms with van der Waals surface area (Å²) in [4.78, 5) is 26.2. The van der Waals surface area contributed by atoms with Crippen LogP contribution in [0.2, 0.25) is 0 Å². The Labute approximate surface area is 165 Å². The number of nitrogens with one attached hydrogen (secondary N) is 1. The van der Waals surface area contributed by atoms with Gasteiger partial charge < -0.3 is 15.5 Å².